The van der Waals surface area contributed by atoms with E-state index in [1.165, 1.54) is 6.07 Å². The quantitative estimate of drug-likeness (QED) is 0.419. The standard InChI is InChI=1S/C28H23F3N4O3/c1-2-16-3-5-17(6-4-16)26(36)33-19-7-9-20(10-8-19)35-27(37)22-13-18(29)15-32-25(22)34(28(35)38)21-11-12-23(30)24(31)14-21/h2-6,11-15,19-20H,1,7-10H2,(H,33,36)/t19-,20+. The lowest BCUT2D eigenvalue weighted by molar-refractivity contribution is 0.0922. The third-order valence-corrected chi connectivity index (χ3v) is 6.86. The maximum atomic E-state index is 14.0. The van der Waals surface area contributed by atoms with Crippen molar-refractivity contribution in [3.05, 3.63) is 111 Å². The van der Waals surface area contributed by atoms with Crippen LogP contribution in [0.15, 0.2) is 70.9 Å². The predicted octanol–water partition coefficient (Wildman–Crippen LogP) is 4.52. The van der Waals surface area contributed by atoms with Crippen LogP contribution in [0.2, 0.25) is 0 Å². The highest BCUT2D eigenvalue weighted by Crippen LogP contribution is 2.28. The van der Waals surface area contributed by atoms with Crippen LogP contribution in [0.3, 0.4) is 0 Å². The summed E-state index contributed by atoms with van der Waals surface area (Å²) in [6.07, 6.45) is 4.31. The van der Waals surface area contributed by atoms with Gasteiger partial charge in [0.25, 0.3) is 11.5 Å². The normalized spacial score (nSPS) is 17.3. The lowest BCUT2D eigenvalue weighted by Gasteiger charge is -2.30. The van der Waals surface area contributed by atoms with E-state index in [9.17, 15) is 27.6 Å². The first-order chi connectivity index (χ1) is 18.3. The molecule has 1 aliphatic carbocycles. The molecule has 0 radical (unpaired) electrons. The van der Waals surface area contributed by atoms with Gasteiger partial charge in [-0.15, -0.1) is 0 Å². The summed E-state index contributed by atoms with van der Waals surface area (Å²) in [7, 11) is 0. The molecule has 2 aromatic carbocycles. The zero-order valence-corrected chi connectivity index (χ0v) is 20.2. The Morgan fingerprint density at radius 3 is 2.34 bits per heavy atom. The number of halogens is 3. The van der Waals surface area contributed by atoms with Gasteiger partial charge in [-0.05, 0) is 61.6 Å². The SMILES string of the molecule is C=Cc1ccc(C(=O)N[C@H]2CC[C@@H](n3c(=O)c4cc(F)cnc4n(-c4ccc(F)c(F)c4)c3=O)CC2)cc1. The molecule has 4 aromatic rings. The first-order valence-electron chi connectivity index (χ1n) is 12.1. The van der Waals surface area contributed by atoms with E-state index in [0.717, 1.165) is 39.1 Å². The fourth-order valence-electron chi connectivity index (χ4n) is 4.88. The summed E-state index contributed by atoms with van der Waals surface area (Å²) in [6.45, 7) is 3.69. The second kappa shape index (κ2) is 10.1. The molecule has 194 valence electrons. The van der Waals surface area contributed by atoms with Crippen molar-refractivity contribution in [1.29, 1.82) is 0 Å². The lowest BCUT2D eigenvalue weighted by atomic mass is 9.90. The van der Waals surface area contributed by atoms with Crippen LogP contribution >= 0.6 is 0 Å². The molecule has 38 heavy (non-hydrogen) atoms. The van der Waals surface area contributed by atoms with Gasteiger partial charge in [-0.1, -0.05) is 24.8 Å². The molecule has 10 heteroatoms. The highest BCUT2D eigenvalue weighted by Gasteiger charge is 2.28. The van der Waals surface area contributed by atoms with Crippen LogP contribution in [0.4, 0.5) is 13.2 Å². The molecule has 0 atom stereocenters. The molecule has 0 unspecified atom stereocenters. The molecule has 1 N–H and O–H groups in total. The lowest BCUT2D eigenvalue weighted by Crippen LogP contribution is -2.45. The number of carbonyl (C=O) groups excluding carboxylic acids is 1. The molecule has 0 bridgehead atoms. The number of nitrogens with one attached hydrogen (secondary N) is 1. The van der Waals surface area contributed by atoms with E-state index in [-0.39, 0.29) is 28.7 Å². The van der Waals surface area contributed by atoms with E-state index in [4.69, 9.17) is 0 Å². The molecule has 1 aliphatic rings. The maximum absolute atomic E-state index is 14.0. The molecule has 2 aromatic heterocycles. The second-order valence-electron chi connectivity index (χ2n) is 9.22. The van der Waals surface area contributed by atoms with Crippen LogP contribution in [0.1, 0.15) is 47.6 Å². The molecule has 0 saturated heterocycles. The smallest absolute Gasteiger partial charge is 0.337 e. The van der Waals surface area contributed by atoms with E-state index in [1.807, 2.05) is 0 Å². The molecule has 1 saturated carbocycles. The van der Waals surface area contributed by atoms with Crippen LogP contribution in [0.25, 0.3) is 22.8 Å². The van der Waals surface area contributed by atoms with Gasteiger partial charge in [0.1, 0.15) is 5.82 Å². The van der Waals surface area contributed by atoms with E-state index in [2.05, 4.69) is 16.9 Å². The van der Waals surface area contributed by atoms with Crippen molar-refractivity contribution in [2.45, 2.75) is 37.8 Å². The summed E-state index contributed by atoms with van der Waals surface area (Å²) in [5.74, 6) is -3.29. The molecule has 1 amide bonds. The molecular formula is C28H23F3N4O3. The average molecular weight is 521 g/mol. The summed E-state index contributed by atoms with van der Waals surface area (Å²) >= 11 is 0. The van der Waals surface area contributed by atoms with Crippen molar-refractivity contribution < 1.29 is 18.0 Å². The highest BCUT2D eigenvalue weighted by atomic mass is 19.2. The monoisotopic (exact) mass is 520 g/mol. The number of aromatic nitrogens is 3. The first-order valence-corrected chi connectivity index (χ1v) is 12.1. The van der Waals surface area contributed by atoms with Crippen LogP contribution in [-0.2, 0) is 0 Å². The summed E-state index contributed by atoms with van der Waals surface area (Å²) in [4.78, 5) is 43.5. The van der Waals surface area contributed by atoms with Crippen molar-refractivity contribution in [2.75, 3.05) is 0 Å². The topological polar surface area (TPSA) is 86.0 Å². The van der Waals surface area contributed by atoms with Gasteiger partial charge in [0, 0.05) is 23.7 Å². The van der Waals surface area contributed by atoms with Gasteiger partial charge in [-0.25, -0.2) is 27.5 Å². The molecule has 1 fully saturated rings. The fourth-order valence-corrected chi connectivity index (χ4v) is 4.88. The van der Waals surface area contributed by atoms with Crippen molar-refractivity contribution >= 4 is 23.0 Å². The van der Waals surface area contributed by atoms with Gasteiger partial charge < -0.3 is 5.32 Å². The zero-order chi connectivity index (χ0) is 27.0. The first kappa shape index (κ1) is 25.2. The van der Waals surface area contributed by atoms with Crippen LogP contribution in [-0.4, -0.2) is 26.1 Å². The number of nitrogens with zero attached hydrogens (tertiary/aromatic N) is 3. The Balaban J connectivity index is 1.45. The largest absolute Gasteiger partial charge is 0.349 e. The number of fused-ring (bicyclic) bond motifs is 1. The summed E-state index contributed by atoms with van der Waals surface area (Å²) in [5.41, 5.74) is -0.310. The fraction of sp³-hybridized carbons (Fsp3) is 0.214. The molecule has 0 spiro atoms. The molecule has 7 nitrogen and oxygen atoms in total. The minimum Gasteiger partial charge on any atom is -0.349 e. The Kier molecular flexibility index (Phi) is 6.71. The van der Waals surface area contributed by atoms with E-state index < -0.39 is 34.7 Å². The zero-order valence-electron chi connectivity index (χ0n) is 20.2. The van der Waals surface area contributed by atoms with Gasteiger partial charge in [0.05, 0.1) is 17.3 Å². The van der Waals surface area contributed by atoms with E-state index in [1.54, 1.807) is 30.3 Å². The number of pyridine rings is 1. The number of amides is 1. The van der Waals surface area contributed by atoms with Crippen molar-refractivity contribution in [1.82, 2.24) is 19.4 Å². The number of hydrogen-bond donors (Lipinski definition) is 1. The molecular weight excluding hydrogens is 497 g/mol. The van der Waals surface area contributed by atoms with Crippen LogP contribution in [0, 0.1) is 17.5 Å². The molecule has 5 rings (SSSR count). The number of carbonyl (C=O) groups is 1. The number of rotatable bonds is 5. The third-order valence-electron chi connectivity index (χ3n) is 6.86. The predicted molar refractivity (Wildman–Crippen MR) is 137 cm³/mol. The van der Waals surface area contributed by atoms with Crippen LogP contribution < -0.4 is 16.6 Å². The third kappa shape index (κ3) is 4.65. The van der Waals surface area contributed by atoms with Gasteiger partial charge >= 0.3 is 5.69 Å². The van der Waals surface area contributed by atoms with E-state index >= 15 is 0 Å². The average Bonchev–Trinajstić information content (AvgIpc) is 2.92. The van der Waals surface area contributed by atoms with Gasteiger partial charge in [-0.3, -0.25) is 14.2 Å². The minimum absolute atomic E-state index is 0.0461. The van der Waals surface area contributed by atoms with Crippen molar-refractivity contribution in [3.63, 3.8) is 0 Å². The highest BCUT2D eigenvalue weighted by molar-refractivity contribution is 5.94. The van der Waals surface area contributed by atoms with Crippen molar-refractivity contribution in [2.24, 2.45) is 0 Å². The second-order valence-corrected chi connectivity index (χ2v) is 9.22. The Morgan fingerprint density at radius 2 is 1.68 bits per heavy atom. The Hall–Kier alpha value is -4.47. The molecule has 0 aliphatic heterocycles. The summed E-state index contributed by atoms with van der Waals surface area (Å²) < 4.78 is 43.6. The Labute approximate surface area is 214 Å². The number of benzene rings is 2. The Bertz CT molecular complexity index is 1670. The van der Waals surface area contributed by atoms with Gasteiger partial charge in [0.2, 0.25) is 0 Å². The molecule has 2 heterocycles. The van der Waals surface area contributed by atoms with Crippen molar-refractivity contribution in [3.8, 4) is 5.69 Å². The Morgan fingerprint density at radius 1 is 0.974 bits per heavy atom. The van der Waals surface area contributed by atoms with Gasteiger partial charge in [-0.2, -0.15) is 0 Å². The summed E-state index contributed by atoms with van der Waals surface area (Å²) in [6, 6.07) is 10.1. The minimum atomic E-state index is -1.18. The van der Waals surface area contributed by atoms with E-state index in [0.29, 0.717) is 31.2 Å². The number of hydrogen-bond acceptors (Lipinski definition) is 4. The maximum Gasteiger partial charge on any atom is 0.337 e. The summed E-state index contributed by atoms with van der Waals surface area (Å²) in [5, 5.41) is 2.83. The van der Waals surface area contributed by atoms with Gasteiger partial charge in [0.15, 0.2) is 17.3 Å². The van der Waals surface area contributed by atoms with Crippen LogP contribution in [0.5, 0.6) is 0 Å².